The van der Waals surface area contributed by atoms with Gasteiger partial charge in [0.1, 0.15) is 16.6 Å². The first-order valence-electron chi connectivity index (χ1n) is 10.2. The number of rotatable bonds is 8. The summed E-state index contributed by atoms with van der Waals surface area (Å²) in [4.78, 5) is 18.8. The summed E-state index contributed by atoms with van der Waals surface area (Å²) in [5.41, 5.74) is 1.39. The molecule has 3 aromatic rings. The van der Waals surface area contributed by atoms with Crippen LogP contribution < -0.4 is 4.90 Å². The van der Waals surface area contributed by atoms with Crippen LogP contribution in [0.1, 0.15) is 16.1 Å². The van der Waals surface area contributed by atoms with Crippen LogP contribution in [-0.2, 0) is 26.1 Å². The molecule has 178 valence electrons. The molecule has 0 spiro atoms. The van der Waals surface area contributed by atoms with Gasteiger partial charge in [-0.3, -0.25) is 4.79 Å². The Labute approximate surface area is 200 Å². The summed E-state index contributed by atoms with van der Waals surface area (Å²) in [6.07, 6.45) is 3.25. The summed E-state index contributed by atoms with van der Waals surface area (Å²) >= 11 is 1.35. The number of benzene rings is 2. The van der Waals surface area contributed by atoms with Crippen LogP contribution in [0.3, 0.4) is 0 Å². The zero-order valence-corrected chi connectivity index (χ0v) is 20.0. The number of anilines is 1. The van der Waals surface area contributed by atoms with E-state index in [0.29, 0.717) is 41.0 Å². The van der Waals surface area contributed by atoms with Crippen molar-refractivity contribution in [2.75, 3.05) is 32.2 Å². The van der Waals surface area contributed by atoms with E-state index in [1.165, 1.54) is 48.6 Å². The van der Waals surface area contributed by atoms with Crippen LogP contribution in [0.5, 0.6) is 0 Å². The van der Waals surface area contributed by atoms with Crippen molar-refractivity contribution in [1.82, 2.24) is 9.29 Å². The number of aromatic nitrogens is 1. The van der Waals surface area contributed by atoms with Gasteiger partial charge in [0.05, 0.1) is 22.8 Å². The van der Waals surface area contributed by atoms with Gasteiger partial charge in [-0.05, 0) is 30.3 Å². The lowest BCUT2D eigenvalue weighted by Gasteiger charge is -2.19. The largest absolute Gasteiger partial charge is 0.383 e. The van der Waals surface area contributed by atoms with Gasteiger partial charge in [0.2, 0.25) is 10.0 Å². The van der Waals surface area contributed by atoms with Gasteiger partial charge in [0, 0.05) is 56.0 Å². The molecule has 1 amide bonds. The number of fused-ring (bicyclic) bond motifs is 1. The molecule has 34 heavy (non-hydrogen) atoms. The second kappa shape index (κ2) is 9.71. The van der Waals surface area contributed by atoms with E-state index in [1.54, 1.807) is 23.7 Å². The first-order chi connectivity index (χ1) is 16.2. The molecule has 1 aliphatic rings. The fourth-order valence-corrected chi connectivity index (χ4v) is 5.37. The Morgan fingerprint density at radius 3 is 2.68 bits per heavy atom. The molecule has 11 heteroatoms. The van der Waals surface area contributed by atoms with Gasteiger partial charge in [-0.2, -0.15) is 4.31 Å². The Morgan fingerprint density at radius 2 is 2.00 bits per heavy atom. The second-order valence-corrected chi connectivity index (χ2v) is 10.5. The molecule has 2 aromatic carbocycles. The average molecular weight is 506 g/mol. The predicted molar refractivity (Wildman–Crippen MR) is 126 cm³/mol. The van der Waals surface area contributed by atoms with Crippen molar-refractivity contribution >= 4 is 44.6 Å². The summed E-state index contributed by atoms with van der Waals surface area (Å²) in [5.74, 6) is -1.85. The Morgan fingerprint density at radius 1 is 1.21 bits per heavy atom. The number of sulfonamides is 1. The maximum atomic E-state index is 14.1. The van der Waals surface area contributed by atoms with E-state index in [-0.39, 0.29) is 22.9 Å². The number of methoxy groups -OCH3 is 1. The minimum Gasteiger partial charge on any atom is -0.383 e. The molecule has 0 saturated carbocycles. The fourth-order valence-electron chi connectivity index (χ4n) is 3.62. The molecule has 0 saturated heterocycles. The number of thiazole rings is 1. The molecule has 1 aromatic heterocycles. The number of amides is 1. The average Bonchev–Trinajstić information content (AvgIpc) is 3.41. The van der Waals surface area contributed by atoms with Gasteiger partial charge >= 0.3 is 0 Å². The lowest BCUT2D eigenvalue weighted by atomic mass is 10.1. The van der Waals surface area contributed by atoms with E-state index < -0.39 is 21.7 Å². The van der Waals surface area contributed by atoms with Gasteiger partial charge in [-0.1, -0.05) is 6.07 Å². The molecule has 0 fully saturated rings. The SMILES string of the molecule is COCCN1C(=O)/C(=C/c2nccs2)c2cc(S(=O)(=O)N(C)Cc3ccc(F)cc3F)ccc21. The number of ether oxygens (including phenoxy) is 1. The molecule has 2 heterocycles. The van der Waals surface area contributed by atoms with E-state index in [2.05, 4.69) is 4.98 Å². The predicted octanol–water partition coefficient (Wildman–Crippen LogP) is 3.78. The molecule has 0 bridgehead atoms. The smallest absolute Gasteiger partial charge is 0.259 e. The molecule has 0 unspecified atom stereocenters. The molecule has 0 atom stereocenters. The second-order valence-electron chi connectivity index (χ2n) is 7.55. The molecule has 4 rings (SSSR count). The van der Waals surface area contributed by atoms with Crippen molar-refractivity contribution < 1.29 is 26.7 Å². The molecule has 0 N–H and O–H groups in total. The van der Waals surface area contributed by atoms with E-state index in [0.717, 1.165) is 10.4 Å². The molecule has 0 aliphatic carbocycles. The van der Waals surface area contributed by atoms with Crippen molar-refractivity contribution in [3.63, 3.8) is 0 Å². The topological polar surface area (TPSA) is 79.8 Å². The van der Waals surface area contributed by atoms with E-state index in [1.807, 2.05) is 0 Å². The summed E-state index contributed by atoms with van der Waals surface area (Å²) in [7, 11) is -1.20. The first kappa shape index (κ1) is 24.1. The van der Waals surface area contributed by atoms with Crippen LogP contribution in [0.2, 0.25) is 0 Å². The Bertz CT molecular complexity index is 1360. The maximum Gasteiger partial charge on any atom is 0.259 e. The van der Waals surface area contributed by atoms with E-state index in [4.69, 9.17) is 4.74 Å². The lowest BCUT2D eigenvalue weighted by molar-refractivity contribution is -0.113. The number of hydrogen-bond acceptors (Lipinski definition) is 6. The Hall–Kier alpha value is -2.99. The quantitative estimate of drug-likeness (QED) is 0.436. The summed E-state index contributed by atoms with van der Waals surface area (Å²) in [5, 5.41) is 2.39. The van der Waals surface area contributed by atoms with Gasteiger partial charge in [0.15, 0.2) is 0 Å². The van der Waals surface area contributed by atoms with Crippen molar-refractivity contribution in [2.24, 2.45) is 0 Å². The number of carbonyl (C=O) groups is 1. The third-order valence-corrected chi connectivity index (χ3v) is 7.90. The van der Waals surface area contributed by atoms with Gasteiger partial charge < -0.3 is 9.64 Å². The van der Waals surface area contributed by atoms with E-state index in [9.17, 15) is 22.0 Å². The maximum absolute atomic E-state index is 14.1. The summed E-state index contributed by atoms with van der Waals surface area (Å²) in [6.45, 7) is 0.321. The van der Waals surface area contributed by atoms with Gasteiger partial charge in [-0.25, -0.2) is 22.2 Å². The highest BCUT2D eigenvalue weighted by Gasteiger charge is 2.34. The first-order valence-corrected chi connectivity index (χ1v) is 12.5. The minimum absolute atomic E-state index is 0.0407. The fraction of sp³-hybridized carbons (Fsp3) is 0.217. The summed E-state index contributed by atoms with van der Waals surface area (Å²) in [6, 6.07) is 7.41. The normalized spacial score (nSPS) is 14.9. The monoisotopic (exact) mass is 505 g/mol. The highest BCUT2D eigenvalue weighted by Crippen LogP contribution is 2.39. The number of carbonyl (C=O) groups excluding carboxylic acids is 1. The lowest BCUT2D eigenvalue weighted by Crippen LogP contribution is -2.29. The molecule has 1 aliphatic heterocycles. The van der Waals surface area contributed by atoms with Crippen LogP contribution >= 0.6 is 11.3 Å². The zero-order chi connectivity index (χ0) is 24.5. The van der Waals surface area contributed by atoms with Crippen LogP contribution in [-0.4, -0.2) is 50.9 Å². The van der Waals surface area contributed by atoms with Crippen molar-refractivity contribution in [1.29, 1.82) is 0 Å². The third kappa shape index (κ3) is 4.64. The van der Waals surface area contributed by atoms with E-state index >= 15 is 0 Å². The highest BCUT2D eigenvalue weighted by atomic mass is 32.2. The van der Waals surface area contributed by atoms with Crippen LogP contribution in [0.15, 0.2) is 52.9 Å². The number of nitrogens with zero attached hydrogens (tertiary/aromatic N) is 3. The molecular formula is C23H21F2N3O4S2. The Balaban J connectivity index is 1.72. The minimum atomic E-state index is -4.04. The third-order valence-electron chi connectivity index (χ3n) is 5.38. The standard InChI is InChI=1S/C23H21F2N3O4S2/c1-27(14-15-3-4-16(24)11-20(15)25)34(30,31)17-5-6-21-18(12-17)19(13-22-26-7-10-33-22)23(29)28(21)8-9-32-2/h3-7,10-13H,8-9,14H2,1-2H3/b19-13+. The van der Waals surface area contributed by atoms with Crippen LogP contribution in [0.4, 0.5) is 14.5 Å². The van der Waals surface area contributed by atoms with Gasteiger partial charge in [0.25, 0.3) is 5.91 Å². The van der Waals surface area contributed by atoms with Crippen molar-refractivity contribution in [2.45, 2.75) is 11.4 Å². The highest BCUT2D eigenvalue weighted by molar-refractivity contribution is 7.89. The Kier molecular flexibility index (Phi) is 6.89. The van der Waals surface area contributed by atoms with Crippen LogP contribution in [0, 0.1) is 11.6 Å². The molecule has 7 nitrogen and oxygen atoms in total. The summed E-state index contributed by atoms with van der Waals surface area (Å²) < 4.78 is 59.9. The molecule has 0 radical (unpaired) electrons. The number of halogens is 2. The van der Waals surface area contributed by atoms with Crippen LogP contribution in [0.25, 0.3) is 11.6 Å². The molecular weight excluding hydrogens is 484 g/mol. The van der Waals surface area contributed by atoms with Crippen molar-refractivity contribution in [3.8, 4) is 0 Å². The van der Waals surface area contributed by atoms with Gasteiger partial charge in [-0.15, -0.1) is 11.3 Å². The zero-order valence-electron chi connectivity index (χ0n) is 18.4. The van der Waals surface area contributed by atoms with Crippen molar-refractivity contribution in [3.05, 3.63) is 75.7 Å². The number of hydrogen-bond donors (Lipinski definition) is 0.